The third-order valence-corrected chi connectivity index (χ3v) is 3.93. The summed E-state index contributed by atoms with van der Waals surface area (Å²) in [5.41, 5.74) is 1.32. The van der Waals surface area contributed by atoms with Gasteiger partial charge in [0.2, 0.25) is 0 Å². The summed E-state index contributed by atoms with van der Waals surface area (Å²) in [6, 6.07) is 5.67. The van der Waals surface area contributed by atoms with Gasteiger partial charge in [0.1, 0.15) is 0 Å². The molecule has 0 radical (unpaired) electrons. The highest BCUT2D eigenvalue weighted by atomic mass is 35.5. The molecular formula is C13H17Cl2N. The topological polar surface area (TPSA) is 12.0 Å². The van der Waals surface area contributed by atoms with Crippen molar-refractivity contribution in [1.29, 1.82) is 0 Å². The highest BCUT2D eigenvalue weighted by Gasteiger charge is 2.37. The minimum Gasteiger partial charge on any atom is -0.307 e. The molecule has 0 saturated heterocycles. The van der Waals surface area contributed by atoms with E-state index in [0.29, 0.717) is 5.02 Å². The summed E-state index contributed by atoms with van der Waals surface area (Å²) >= 11 is 12.0. The molecule has 88 valence electrons. The van der Waals surface area contributed by atoms with Gasteiger partial charge in [-0.3, -0.25) is 0 Å². The van der Waals surface area contributed by atoms with E-state index in [0.717, 1.165) is 23.0 Å². The van der Waals surface area contributed by atoms with Crippen molar-refractivity contribution in [2.45, 2.75) is 38.8 Å². The molecule has 1 aromatic rings. The Hall–Kier alpha value is -0.240. The quantitative estimate of drug-likeness (QED) is 0.850. The molecular weight excluding hydrogens is 241 g/mol. The van der Waals surface area contributed by atoms with Crippen LogP contribution in [0.1, 0.15) is 32.3 Å². The summed E-state index contributed by atoms with van der Waals surface area (Å²) in [4.78, 5) is 0. The van der Waals surface area contributed by atoms with Crippen molar-refractivity contribution in [1.82, 2.24) is 5.32 Å². The smallest absolute Gasteiger partial charge is 0.0465 e. The molecule has 3 heteroatoms. The van der Waals surface area contributed by atoms with Crippen LogP contribution in [0, 0.1) is 5.92 Å². The van der Waals surface area contributed by atoms with E-state index < -0.39 is 0 Å². The molecule has 1 N–H and O–H groups in total. The molecule has 1 saturated carbocycles. The summed E-state index contributed by atoms with van der Waals surface area (Å²) in [5, 5.41) is 5.00. The van der Waals surface area contributed by atoms with E-state index in [1.807, 2.05) is 12.1 Å². The van der Waals surface area contributed by atoms with Crippen molar-refractivity contribution in [2.24, 2.45) is 5.92 Å². The number of nitrogens with one attached hydrogen (secondary N) is 1. The lowest BCUT2D eigenvalue weighted by molar-refractivity contribution is 0.339. The van der Waals surface area contributed by atoms with Gasteiger partial charge < -0.3 is 5.32 Å². The maximum absolute atomic E-state index is 6.13. The van der Waals surface area contributed by atoms with Crippen LogP contribution in [0.15, 0.2) is 18.2 Å². The van der Waals surface area contributed by atoms with Crippen molar-refractivity contribution in [3.63, 3.8) is 0 Å². The number of hydrogen-bond acceptors (Lipinski definition) is 1. The van der Waals surface area contributed by atoms with E-state index in [9.17, 15) is 0 Å². The average Bonchev–Trinajstić information content (AvgIpc) is 2.99. The van der Waals surface area contributed by atoms with E-state index in [2.05, 4.69) is 19.2 Å². The van der Waals surface area contributed by atoms with Gasteiger partial charge in [0, 0.05) is 22.1 Å². The zero-order chi connectivity index (χ0) is 11.8. The largest absolute Gasteiger partial charge is 0.307 e. The lowest BCUT2D eigenvalue weighted by Gasteiger charge is -2.26. The number of benzene rings is 1. The molecule has 1 fully saturated rings. The second-order valence-electron chi connectivity index (χ2n) is 5.09. The van der Waals surface area contributed by atoms with E-state index in [-0.39, 0.29) is 5.54 Å². The Morgan fingerprint density at radius 3 is 2.56 bits per heavy atom. The van der Waals surface area contributed by atoms with Crippen LogP contribution in [0.5, 0.6) is 0 Å². The van der Waals surface area contributed by atoms with Crippen LogP contribution < -0.4 is 5.32 Å². The van der Waals surface area contributed by atoms with Gasteiger partial charge in [-0.2, -0.15) is 0 Å². The molecule has 0 unspecified atom stereocenters. The molecule has 1 aliphatic rings. The van der Waals surface area contributed by atoms with Gasteiger partial charge in [0.25, 0.3) is 0 Å². The van der Waals surface area contributed by atoms with Crippen molar-refractivity contribution >= 4 is 23.2 Å². The lowest BCUT2D eigenvalue weighted by atomic mass is 9.98. The third kappa shape index (κ3) is 2.91. The molecule has 1 aromatic carbocycles. The molecule has 0 bridgehead atoms. The van der Waals surface area contributed by atoms with Crippen LogP contribution in [0.2, 0.25) is 10.0 Å². The van der Waals surface area contributed by atoms with Crippen LogP contribution in [0.3, 0.4) is 0 Å². The van der Waals surface area contributed by atoms with E-state index in [1.165, 1.54) is 12.8 Å². The number of rotatable bonds is 4. The number of hydrogen-bond donors (Lipinski definition) is 1. The van der Waals surface area contributed by atoms with Crippen LogP contribution in [-0.4, -0.2) is 5.54 Å². The van der Waals surface area contributed by atoms with Gasteiger partial charge in [-0.1, -0.05) is 29.3 Å². The summed E-state index contributed by atoms with van der Waals surface area (Å²) in [5.74, 6) is 0.818. The molecule has 2 rings (SSSR count). The summed E-state index contributed by atoms with van der Waals surface area (Å²) < 4.78 is 0. The minimum absolute atomic E-state index is 0.211. The fourth-order valence-corrected chi connectivity index (χ4v) is 2.41. The number of halogens is 2. The first kappa shape index (κ1) is 12.2. The monoisotopic (exact) mass is 257 g/mol. The fourth-order valence-electron chi connectivity index (χ4n) is 1.94. The Kier molecular flexibility index (Phi) is 3.48. The molecule has 0 aliphatic heterocycles. The zero-order valence-electron chi connectivity index (χ0n) is 9.69. The molecule has 1 nitrogen and oxygen atoms in total. The SMILES string of the molecule is CC(C)(NCc1ccc(Cl)cc1Cl)C1CC1. The van der Waals surface area contributed by atoms with Crippen molar-refractivity contribution in [3.8, 4) is 0 Å². The lowest BCUT2D eigenvalue weighted by Crippen LogP contribution is -2.40. The Labute approximate surface area is 107 Å². The van der Waals surface area contributed by atoms with E-state index in [4.69, 9.17) is 23.2 Å². The standard InChI is InChI=1S/C13H17Cl2N/c1-13(2,10-4-5-10)16-8-9-3-6-11(14)7-12(9)15/h3,6-7,10,16H,4-5,8H2,1-2H3. The van der Waals surface area contributed by atoms with Crippen LogP contribution in [-0.2, 0) is 6.54 Å². The molecule has 16 heavy (non-hydrogen) atoms. The van der Waals surface area contributed by atoms with E-state index in [1.54, 1.807) is 6.07 Å². The minimum atomic E-state index is 0.211. The van der Waals surface area contributed by atoms with Gasteiger partial charge in [0.15, 0.2) is 0 Å². The zero-order valence-corrected chi connectivity index (χ0v) is 11.2. The molecule has 0 heterocycles. The van der Waals surface area contributed by atoms with Gasteiger partial charge in [-0.25, -0.2) is 0 Å². The highest BCUT2D eigenvalue weighted by Crippen LogP contribution is 2.39. The normalized spacial score (nSPS) is 16.5. The van der Waals surface area contributed by atoms with Crippen LogP contribution in [0.4, 0.5) is 0 Å². The highest BCUT2D eigenvalue weighted by molar-refractivity contribution is 6.35. The predicted octanol–water partition coefficient (Wildman–Crippen LogP) is 4.27. The van der Waals surface area contributed by atoms with E-state index >= 15 is 0 Å². The van der Waals surface area contributed by atoms with Gasteiger partial charge in [0.05, 0.1) is 0 Å². The van der Waals surface area contributed by atoms with Crippen molar-refractivity contribution < 1.29 is 0 Å². The fraction of sp³-hybridized carbons (Fsp3) is 0.538. The maximum atomic E-state index is 6.13. The van der Waals surface area contributed by atoms with Gasteiger partial charge in [-0.15, -0.1) is 0 Å². The Morgan fingerprint density at radius 2 is 2.00 bits per heavy atom. The van der Waals surface area contributed by atoms with Crippen LogP contribution in [0.25, 0.3) is 0 Å². The first-order chi connectivity index (χ1) is 7.49. The molecule has 0 atom stereocenters. The van der Waals surface area contributed by atoms with Gasteiger partial charge in [-0.05, 0) is 50.3 Å². The average molecular weight is 258 g/mol. The van der Waals surface area contributed by atoms with Gasteiger partial charge >= 0.3 is 0 Å². The molecule has 0 spiro atoms. The van der Waals surface area contributed by atoms with Crippen molar-refractivity contribution in [2.75, 3.05) is 0 Å². The van der Waals surface area contributed by atoms with Crippen LogP contribution >= 0.6 is 23.2 Å². The second-order valence-corrected chi connectivity index (χ2v) is 5.93. The van der Waals surface area contributed by atoms with Crippen molar-refractivity contribution in [3.05, 3.63) is 33.8 Å². The summed E-state index contributed by atoms with van der Waals surface area (Å²) in [6.45, 7) is 5.32. The first-order valence-corrected chi connectivity index (χ1v) is 6.43. The Balaban J connectivity index is 1.98. The first-order valence-electron chi connectivity index (χ1n) is 5.68. The Bertz CT molecular complexity index is 384. The molecule has 1 aliphatic carbocycles. The second kappa shape index (κ2) is 4.56. The summed E-state index contributed by atoms with van der Waals surface area (Å²) in [6.07, 6.45) is 2.68. The summed E-state index contributed by atoms with van der Waals surface area (Å²) in [7, 11) is 0. The third-order valence-electron chi connectivity index (χ3n) is 3.35. The maximum Gasteiger partial charge on any atom is 0.0465 e. The Morgan fingerprint density at radius 1 is 1.31 bits per heavy atom. The molecule has 0 aromatic heterocycles. The molecule has 0 amide bonds. The predicted molar refractivity (Wildman–Crippen MR) is 70.1 cm³/mol.